The smallest absolute Gasteiger partial charge is 0.475 e. The van der Waals surface area contributed by atoms with Crippen LogP contribution in [0.3, 0.4) is 0 Å². The first kappa shape index (κ1) is 24.7. The Hall–Kier alpha value is -3.90. The lowest BCUT2D eigenvalue weighted by Crippen LogP contribution is -2.34. The Bertz CT molecular complexity index is 1100. The number of rotatable bonds is 5. The van der Waals surface area contributed by atoms with Gasteiger partial charge in [-0.3, -0.25) is 9.48 Å². The molecular weight excluding hydrogens is 457 g/mol. The predicted molar refractivity (Wildman–Crippen MR) is 113 cm³/mol. The zero-order chi connectivity index (χ0) is 24.7. The number of aliphatic carboxylic acids is 1. The normalized spacial score (nSPS) is 15.5. The van der Waals surface area contributed by atoms with Crippen LogP contribution in [-0.4, -0.2) is 60.9 Å². The molecule has 0 spiro atoms. The third-order valence-corrected chi connectivity index (χ3v) is 5.05. The second kappa shape index (κ2) is 10.8. The quantitative estimate of drug-likeness (QED) is 0.571. The lowest BCUT2D eigenvalue weighted by Gasteiger charge is -2.23. The highest BCUT2D eigenvalue weighted by atomic mass is 19.4. The predicted octanol–water partition coefficient (Wildman–Crippen LogP) is 2.98. The van der Waals surface area contributed by atoms with Crippen LogP contribution in [0.4, 0.5) is 19.1 Å². The van der Waals surface area contributed by atoms with E-state index in [1.54, 1.807) is 30.9 Å². The minimum absolute atomic E-state index is 0.0727. The van der Waals surface area contributed by atoms with Crippen molar-refractivity contribution in [3.8, 4) is 0 Å². The summed E-state index contributed by atoms with van der Waals surface area (Å²) >= 11 is 0. The van der Waals surface area contributed by atoms with Crippen LogP contribution in [0.1, 0.15) is 28.2 Å². The Kier molecular flexibility index (Phi) is 7.87. The summed E-state index contributed by atoms with van der Waals surface area (Å²) < 4.78 is 39.1. The number of furan rings is 1. The average molecular weight is 480 g/mol. The zero-order valence-corrected chi connectivity index (χ0v) is 18.2. The summed E-state index contributed by atoms with van der Waals surface area (Å²) in [4.78, 5) is 32.1. The second-order valence-electron chi connectivity index (χ2n) is 7.58. The van der Waals surface area contributed by atoms with Crippen molar-refractivity contribution in [1.82, 2.24) is 24.6 Å². The first-order chi connectivity index (χ1) is 16.1. The maximum Gasteiger partial charge on any atom is 0.490 e. The molecule has 0 saturated heterocycles. The third-order valence-electron chi connectivity index (χ3n) is 5.05. The Balaban J connectivity index is 0.000000406. The molecule has 2 N–H and O–H groups in total. The first-order valence-electron chi connectivity index (χ1n) is 10.3. The van der Waals surface area contributed by atoms with E-state index in [1.807, 2.05) is 28.6 Å². The number of halogens is 3. The van der Waals surface area contributed by atoms with Crippen molar-refractivity contribution in [2.24, 2.45) is 5.92 Å². The fourth-order valence-corrected chi connectivity index (χ4v) is 3.38. The third kappa shape index (κ3) is 6.56. The molecule has 1 aliphatic rings. The van der Waals surface area contributed by atoms with E-state index >= 15 is 0 Å². The van der Waals surface area contributed by atoms with Gasteiger partial charge in [-0.1, -0.05) is 0 Å². The number of fused-ring (bicyclic) bond motifs is 1. The molecule has 0 bridgehead atoms. The molecule has 1 atom stereocenters. The van der Waals surface area contributed by atoms with Gasteiger partial charge in [-0.05, 0) is 37.5 Å². The maximum absolute atomic E-state index is 13.0. The molecule has 10 nitrogen and oxygen atoms in total. The summed E-state index contributed by atoms with van der Waals surface area (Å²) in [7, 11) is 0. The van der Waals surface area contributed by atoms with Gasteiger partial charge in [-0.2, -0.15) is 18.3 Å². The number of carboxylic acids is 1. The molecule has 1 amide bonds. The maximum atomic E-state index is 13.0. The standard InChI is InChI=1S/C19H22N6O2.C2HF3O2/c1-14-5-10-27-17(14)18(26)24-11-15(12-25-16(13-24)4-9-23-25)3-8-22-19-20-6-2-7-21-19;3-2(4,5)1(6)7/h2,4-7,9-10,15H,3,8,11-13H2,1H3,(H,20,21,22);(H,6,7). The lowest BCUT2D eigenvalue weighted by molar-refractivity contribution is -0.192. The molecular formula is C21H23F3N6O4. The van der Waals surface area contributed by atoms with E-state index < -0.39 is 12.1 Å². The van der Waals surface area contributed by atoms with Crippen LogP contribution in [0.2, 0.25) is 0 Å². The van der Waals surface area contributed by atoms with Gasteiger partial charge in [-0.15, -0.1) is 0 Å². The summed E-state index contributed by atoms with van der Waals surface area (Å²) in [5, 5.41) is 14.8. The van der Waals surface area contributed by atoms with Crippen molar-refractivity contribution >= 4 is 17.8 Å². The van der Waals surface area contributed by atoms with Gasteiger partial charge in [-0.25, -0.2) is 14.8 Å². The Morgan fingerprint density at radius 2 is 1.91 bits per heavy atom. The molecule has 0 radical (unpaired) electrons. The highest BCUT2D eigenvalue weighted by Gasteiger charge is 2.38. The number of hydrogen-bond donors (Lipinski definition) is 2. The van der Waals surface area contributed by atoms with Crippen molar-refractivity contribution in [3.05, 3.63) is 60.1 Å². The van der Waals surface area contributed by atoms with E-state index in [1.165, 1.54) is 0 Å². The summed E-state index contributed by atoms with van der Waals surface area (Å²) in [5.41, 5.74) is 1.90. The van der Waals surface area contributed by atoms with Crippen molar-refractivity contribution in [3.63, 3.8) is 0 Å². The highest BCUT2D eigenvalue weighted by Crippen LogP contribution is 2.22. The number of carboxylic acid groups (broad SMARTS) is 1. The van der Waals surface area contributed by atoms with Gasteiger partial charge in [0, 0.05) is 43.8 Å². The van der Waals surface area contributed by atoms with Gasteiger partial charge in [0.15, 0.2) is 5.76 Å². The van der Waals surface area contributed by atoms with Gasteiger partial charge in [0.25, 0.3) is 5.91 Å². The molecule has 4 rings (SSSR count). The van der Waals surface area contributed by atoms with E-state index in [9.17, 15) is 18.0 Å². The number of nitrogens with zero attached hydrogens (tertiary/aromatic N) is 5. The fourth-order valence-electron chi connectivity index (χ4n) is 3.38. The molecule has 3 aromatic rings. The monoisotopic (exact) mass is 480 g/mol. The van der Waals surface area contributed by atoms with Crippen molar-refractivity contribution < 1.29 is 32.3 Å². The summed E-state index contributed by atoms with van der Waals surface area (Å²) in [6.07, 6.45) is 2.56. The van der Waals surface area contributed by atoms with Crippen molar-refractivity contribution in [2.75, 3.05) is 18.4 Å². The van der Waals surface area contributed by atoms with Crippen LogP contribution < -0.4 is 5.32 Å². The minimum atomic E-state index is -5.08. The zero-order valence-electron chi connectivity index (χ0n) is 18.2. The molecule has 13 heteroatoms. The van der Waals surface area contributed by atoms with E-state index in [4.69, 9.17) is 14.3 Å². The van der Waals surface area contributed by atoms with Gasteiger partial charge >= 0.3 is 12.1 Å². The van der Waals surface area contributed by atoms with Crippen LogP contribution in [0.25, 0.3) is 0 Å². The fraction of sp³-hybridized carbons (Fsp3) is 0.381. The number of amides is 1. The first-order valence-corrected chi connectivity index (χ1v) is 10.3. The second-order valence-corrected chi connectivity index (χ2v) is 7.58. The van der Waals surface area contributed by atoms with Crippen LogP contribution in [0.5, 0.6) is 0 Å². The number of aromatic nitrogens is 4. The van der Waals surface area contributed by atoms with Crippen LogP contribution >= 0.6 is 0 Å². The van der Waals surface area contributed by atoms with Gasteiger partial charge in [0.2, 0.25) is 5.95 Å². The summed E-state index contributed by atoms with van der Waals surface area (Å²) in [5.74, 6) is -1.53. The number of alkyl halides is 3. The number of carbonyl (C=O) groups is 2. The van der Waals surface area contributed by atoms with Gasteiger partial charge in [0.05, 0.1) is 18.5 Å². The molecule has 0 fully saturated rings. The van der Waals surface area contributed by atoms with Gasteiger partial charge in [0.1, 0.15) is 0 Å². The number of nitrogens with one attached hydrogen (secondary N) is 1. The topological polar surface area (TPSA) is 126 Å². The molecule has 0 aliphatic carbocycles. The number of anilines is 1. The molecule has 0 saturated carbocycles. The molecule has 1 aliphatic heterocycles. The van der Waals surface area contributed by atoms with Crippen molar-refractivity contribution in [2.45, 2.75) is 32.6 Å². The number of hydrogen-bond acceptors (Lipinski definition) is 7. The molecule has 3 aromatic heterocycles. The molecule has 34 heavy (non-hydrogen) atoms. The minimum Gasteiger partial charge on any atom is -0.475 e. The molecule has 182 valence electrons. The highest BCUT2D eigenvalue weighted by molar-refractivity contribution is 5.92. The molecule has 0 aromatic carbocycles. The number of aryl methyl sites for hydroxylation is 1. The van der Waals surface area contributed by atoms with Crippen LogP contribution in [-0.2, 0) is 17.9 Å². The van der Waals surface area contributed by atoms with E-state index in [-0.39, 0.29) is 11.8 Å². The van der Waals surface area contributed by atoms with E-state index in [0.29, 0.717) is 24.8 Å². The van der Waals surface area contributed by atoms with E-state index in [0.717, 1.165) is 30.8 Å². The SMILES string of the molecule is Cc1ccoc1C(=O)N1Cc2ccnn2CC(CCNc2ncccn2)C1.O=C(O)C(F)(F)F. The average Bonchev–Trinajstić information content (AvgIpc) is 3.37. The van der Waals surface area contributed by atoms with Crippen LogP contribution in [0, 0.1) is 12.8 Å². The Labute approximate surface area is 192 Å². The van der Waals surface area contributed by atoms with E-state index in [2.05, 4.69) is 20.4 Å². The van der Waals surface area contributed by atoms with Crippen LogP contribution in [0.15, 0.2) is 47.5 Å². The number of carbonyl (C=O) groups excluding carboxylic acids is 1. The Morgan fingerprint density at radius 3 is 2.53 bits per heavy atom. The lowest BCUT2D eigenvalue weighted by atomic mass is 10.0. The Morgan fingerprint density at radius 1 is 1.21 bits per heavy atom. The molecule has 1 unspecified atom stereocenters. The largest absolute Gasteiger partial charge is 0.490 e. The van der Waals surface area contributed by atoms with Gasteiger partial charge < -0.3 is 19.7 Å². The van der Waals surface area contributed by atoms with Crippen molar-refractivity contribution in [1.29, 1.82) is 0 Å². The summed E-state index contributed by atoms with van der Waals surface area (Å²) in [6, 6.07) is 5.57. The summed E-state index contributed by atoms with van der Waals surface area (Å²) in [6.45, 7) is 4.58. The molecule has 4 heterocycles.